The fourth-order valence-electron chi connectivity index (χ4n) is 2.00. The normalized spacial score (nSPS) is 23.9. The third kappa shape index (κ3) is 1.46. The van der Waals surface area contributed by atoms with Crippen molar-refractivity contribution in [3.05, 3.63) is 30.3 Å². The molecule has 0 aliphatic carbocycles. The average molecular weight is 219 g/mol. The quantitative estimate of drug-likeness (QED) is 0.426. The molecule has 2 atom stereocenters. The summed E-state index contributed by atoms with van der Waals surface area (Å²) in [5.41, 5.74) is 0.820. The molecule has 0 bridgehead atoms. The number of β-lactam (4-membered cyclic amide) rings is 1. The van der Waals surface area contributed by atoms with E-state index < -0.39 is 11.9 Å². The molecule has 0 spiro atoms. The summed E-state index contributed by atoms with van der Waals surface area (Å²) in [5.74, 6) is -1.29. The molecule has 1 aromatic carbocycles. The molecule has 1 aromatic rings. The van der Waals surface area contributed by atoms with E-state index in [1.807, 2.05) is 37.3 Å². The van der Waals surface area contributed by atoms with Gasteiger partial charge in [-0.15, -0.1) is 0 Å². The van der Waals surface area contributed by atoms with E-state index in [2.05, 4.69) is 4.74 Å². The van der Waals surface area contributed by atoms with E-state index in [4.69, 9.17) is 0 Å². The standard InChI is InChI=1S/C12H13NO3/c1-8-10(12(15)16-2)11(14)13(8)9-6-4-3-5-7-9/h3-8,10H,1-2H3/t8-,10-/m1/s1. The first kappa shape index (κ1) is 10.7. The largest absolute Gasteiger partial charge is 0.468 e. The molecule has 4 nitrogen and oxygen atoms in total. The van der Waals surface area contributed by atoms with Gasteiger partial charge in [-0.25, -0.2) is 0 Å². The zero-order valence-electron chi connectivity index (χ0n) is 9.21. The molecule has 1 fully saturated rings. The molecule has 0 N–H and O–H groups in total. The molecule has 0 aromatic heterocycles. The second-order valence-corrected chi connectivity index (χ2v) is 3.79. The lowest BCUT2D eigenvalue weighted by atomic mass is 9.88. The minimum absolute atomic E-state index is 0.137. The number of carbonyl (C=O) groups excluding carboxylic acids is 2. The summed E-state index contributed by atoms with van der Waals surface area (Å²) in [6.45, 7) is 1.84. The Hall–Kier alpha value is -1.84. The molecule has 1 aliphatic heterocycles. The Morgan fingerprint density at radius 2 is 1.94 bits per heavy atom. The number of carbonyl (C=O) groups is 2. The van der Waals surface area contributed by atoms with Gasteiger partial charge in [0.15, 0.2) is 5.92 Å². The number of anilines is 1. The molecule has 1 amide bonds. The Morgan fingerprint density at radius 1 is 1.31 bits per heavy atom. The van der Waals surface area contributed by atoms with Crippen LogP contribution in [0.25, 0.3) is 0 Å². The number of esters is 1. The minimum atomic E-state index is -0.648. The molecule has 2 rings (SSSR count). The number of hydrogen-bond acceptors (Lipinski definition) is 3. The first-order valence-corrected chi connectivity index (χ1v) is 5.12. The van der Waals surface area contributed by atoms with Crippen LogP contribution in [0.1, 0.15) is 6.92 Å². The first-order chi connectivity index (χ1) is 7.66. The molecule has 1 saturated heterocycles. The van der Waals surface area contributed by atoms with Crippen LogP contribution in [0.5, 0.6) is 0 Å². The highest BCUT2D eigenvalue weighted by Crippen LogP contribution is 2.32. The van der Waals surface area contributed by atoms with Gasteiger partial charge in [0.05, 0.1) is 13.2 Å². The molecule has 0 radical (unpaired) electrons. The van der Waals surface area contributed by atoms with Crippen LogP contribution in [0, 0.1) is 5.92 Å². The van der Waals surface area contributed by atoms with Crippen molar-refractivity contribution in [3.8, 4) is 0 Å². The lowest BCUT2D eigenvalue weighted by Crippen LogP contribution is -2.63. The predicted octanol–water partition coefficient (Wildman–Crippen LogP) is 1.21. The summed E-state index contributed by atoms with van der Waals surface area (Å²) < 4.78 is 4.59. The highest BCUT2D eigenvalue weighted by molar-refractivity contribution is 6.13. The molecule has 16 heavy (non-hydrogen) atoms. The van der Waals surface area contributed by atoms with Gasteiger partial charge in [-0.3, -0.25) is 9.59 Å². The molecule has 0 unspecified atom stereocenters. The molecule has 1 aliphatic rings. The van der Waals surface area contributed by atoms with Crippen molar-refractivity contribution >= 4 is 17.6 Å². The van der Waals surface area contributed by atoms with Crippen LogP contribution in [0.2, 0.25) is 0 Å². The summed E-state index contributed by atoms with van der Waals surface area (Å²) in [4.78, 5) is 24.7. The smallest absolute Gasteiger partial charge is 0.320 e. The van der Waals surface area contributed by atoms with Crippen LogP contribution in [-0.2, 0) is 14.3 Å². The highest BCUT2D eigenvalue weighted by atomic mass is 16.5. The first-order valence-electron chi connectivity index (χ1n) is 5.12. The maximum atomic E-state index is 11.8. The number of benzene rings is 1. The van der Waals surface area contributed by atoms with Crippen LogP contribution in [0.15, 0.2) is 30.3 Å². The Balaban J connectivity index is 2.18. The van der Waals surface area contributed by atoms with Gasteiger partial charge in [-0.2, -0.15) is 0 Å². The Morgan fingerprint density at radius 3 is 2.44 bits per heavy atom. The van der Waals surface area contributed by atoms with Crippen LogP contribution >= 0.6 is 0 Å². The Labute approximate surface area is 93.8 Å². The molecular formula is C12H13NO3. The number of ether oxygens (including phenoxy) is 1. The van der Waals surface area contributed by atoms with E-state index in [0.29, 0.717) is 0 Å². The van der Waals surface area contributed by atoms with Gasteiger partial charge in [0, 0.05) is 5.69 Å². The average Bonchev–Trinajstić information content (AvgIpc) is 2.30. The van der Waals surface area contributed by atoms with Gasteiger partial charge in [0.1, 0.15) is 0 Å². The van der Waals surface area contributed by atoms with Gasteiger partial charge in [0.2, 0.25) is 5.91 Å². The third-order valence-corrected chi connectivity index (χ3v) is 2.88. The van der Waals surface area contributed by atoms with Crippen LogP contribution in [-0.4, -0.2) is 25.0 Å². The molecule has 1 heterocycles. The minimum Gasteiger partial charge on any atom is -0.468 e. The Kier molecular flexibility index (Phi) is 2.64. The summed E-state index contributed by atoms with van der Waals surface area (Å²) in [5, 5.41) is 0. The monoisotopic (exact) mass is 219 g/mol. The van der Waals surface area contributed by atoms with Gasteiger partial charge in [0.25, 0.3) is 0 Å². The SMILES string of the molecule is COC(=O)[C@H]1C(=O)N(c2ccccc2)[C@@H]1C. The van der Waals surface area contributed by atoms with Crippen LogP contribution in [0.3, 0.4) is 0 Å². The van der Waals surface area contributed by atoms with Gasteiger partial charge in [-0.1, -0.05) is 18.2 Å². The van der Waals surface area contributed by atoms with Crippen molar-refractivity contribution in [2.45, 2.75) is 13.0 Å². The lowest BCUT2D eigenvalue weighted by Gasteiger charge is -2.43. The summed E-state index contributed by atoms with van der Waals surface area (Å²) in [6.07, 6.45) is 0. The van der Waals surface area contributed by atoms with Crippen LogP contribution in [0.4, 0.5) is 5.69 Å². The number of rotatable bonds is 2. The molecule has 0 saturated carbocycles. The molecule has 4 heteroatoms. The number of nitrogens with zero attached hydrogens (tertiary/aromatic N) is 1. The van der Waals surface area contributed by atoms with E-state index in [0.717, 1.165) is 5.69 Å². The van der Waals surface area contributed by atoms with Gasteiger partial charge >= 0.3 is 5.97 Å². The topological polar surface area (TPSA) is 46.6 Å². The predicted molar refractivity (Wildman–Crippen MR) is 58.9 cm³/mol. The fourth-order valence-corrected chi connectivity index (χ4v) is 2.00. The van der Waals surface area contributed by atoms with Crippen molar-refractivity contribution in [3.63, 3.8) is 0 Å². The summed E-state index contributed by atoms with van der Waals surface area (Å²) >= 11 is 0. The Bertz CT molecular complexity index is 416. The van der Waals surface area contributed by atoms with E-state index in [9.17, 15) is 9.59 Å². The highest BCUT2D eigenvalue weighted by Gasteiger charge is 2.50. The molecular weight excluding hydrogens is 206 g/mol. The van der Waals surface area contributed by atoms with Crippen molar-refractivity contribution in [1.82, 2.24) is 0 Å². The maximum Gasteiger partial charge on any atom is 0.320 e. The fraction of sp³-hybridized carbons (Fsp3) is 0.333. The maximum absolute atomic E-state index is 11.8. The number of hydrogen-bond donors (Lipinski definition) is 0. The second-order valence-electron chi connectivity index (χ2n) is 3.79. The summed E-state index contributed by atoms with van der Waals surface area (Å²) in [7, 11) is 1.30. The van der Waals surface area contributed by atoms with E-state index in [1.165, 1.54) is 7.11 Å². The van der Waals surface area contributed by atoms with E-state index in [1.54, 1.807) is 4.90 Å². The van der Waals surface area contributed by atoms with Crippen LogP contribution < -0.4 is 4.90 Å². The lowest BCUT2D eigenvalue weighted by molar-refractivity contribution is -0.154. The number of para-hydroxylation sites is 1. The third-order valence-electron chi connectivity index (χ3n) is 2.88. The zero-order chi connectivity index (χ0) is 11.7. The van der Waals surface area contributed by atoms with Crippen molar-refractivity contribution in [1.29, 1.82) is 0 Å². The van der Waals surface area contributed by atoms with Crippen molar-refractivity contribution < 1.29 is 14.3 Å². The van der Waals surface area contributed by atoms with Gasteiger partial charge < -0.3 is 9.64 Å². The van der Waals surface area contributed by atoms with Gasteiger partial charge in [-0.05, 0) is 19.1 Å². The zero-order valence-corrected chi connectivity index (χ0v) is 9.21. The van der Waals surface area contributed by atoms with Crippen molar-refractivity contribution in [2.75, 3.05) is 12.0 Å². The van der Waals surface area contributed by atoms with E-state index in [-0.39, 0.29) is 11.9 Å². The van der Waals surface area contributed by atoms with Crippen molar-refractivity contribution in [2.24, 2.45) is 5.92 Å². The number of methoxy groups -OCH3 is 1. The summed E-state index contributed by atoms with van der Waals surface area (Å²) in [6, 6.07) is 9.17. The number of amides is 1. The molecule has 84 valence electrons. The second kappa shape index (κ2) is 3.96. The van der Waals surface area contributed by atoms with E-state index >= 15 is 0 Å².